The smallest absolute Gasteiger partial charge is 0.169 e. The Kier molecular flexibility index (Phi) is 3.38. The Hall–Kier alpha value is -1.49. The molecule has 0 radical (unpaired) electrons. The first-order valence-corrected chi connectivity index (χ1v) is 6.19. The average Bonchev–Trinajstić information content (AvgIpc) is 2.57. The Morgan fingerprint density at radius 2 is 2.24 bits per heavy atom. The first kappa shape index (κ1) is 12.0. The lowest BCUT2D eigenvalue weighted by molar-refractivity contribution is 0.876. The minimum atomic E-state index is 0.150. The SMILES string of the molecule is Cc1nc(NC(C)c2cccc(Br)c2)c(N)[nH]1. The molecule has 4 N–H and O–H groups in total. The molecule has 2 aromatic rings. The summed E-state index contributed by atoms with van der Waals surface area (Å²) in [5.41, 5.74) is 6.99. The van der Waals surface area contributed by atoms with E-state index in [1.807, 2.05) is 19.1 Å². The molecule has 0 spiro atoms. The average molecular weight is 295 g/mol. The molecular formula is C12H15BrN4. The molecule has 1 aromatic carbocycles. The predicted octanol–water partition coefficient (Wildman–Crippen LogP) is 3.24. The third kappa shape index (κ3) is 2.79. The minimum absolute atomic E-state index is 0.150. The predicted molar refractivity (Wildman–Crippen MR) is 73.9 cm³/mol. The van der Waals surface area contributed by atoms with Crippen molar-refractivity contribution < 1.29 is 0 Å². The summed E-state index contributed by atoms with van der Waals surface area (Å²) < 4.78 is 1.06. The Morgan fingerprint density at radius 1 is 1.47 bits per heavy atom. The maximum absolute atomic E-state index is 5.81. The zero-order valence-electron chi connectivity index (χ0n) is 9.79. The number of aromatic amines is 1. The number of nitrogens with two attached hydrogens (primary N) is 1. The van der Waals surface area contributed by atoms with Gasteiger partial charge in [-0.1, -0.05) is 28.1 Å². The van der Waals surface area contributed by atoms with Crippen LogP contribution in [0, 0.1) is 6.92 Å². The molecule has 1 unspecified atom stereocenters. The van der Waals surface area contributed by atoms with Gasteiger partial charge in [-0.25, -0.2) is 4.98 Å². The molecule has 1 heterocycles. The van der Waals surface area contributed by atoms with Gasteiger partial charge in [-0.3, -0.25) is 0 Å². The van der Waals surface area contributed by atoms with Crippen molar-refractivity contribution in [2.75, 3.05) is 11.1 Å². The fraction of sp³-hybridized carbons (Fsp3) is 0.250. The number of aromatic nitrogens is 2. The van der Waals surface area contributed by atoms with Crippen molar-refractivity contribution in [3.8, 4) is 0 Å². The normalized spacial score (nSPS) is 12.4. The molecule has 90 valence electrons. The van der Waals surface area contributed by atoms with Crippen LogP contribution in [0.15, 0.2) is 28.7 Å². The fourth-order valence-corrected chi connectivity index (χ4v) is 2.10. The number of hydrogen-bond acceptors (Lipinski definition) is 3. The van der Waals surface area contributed by atoms with Gasteiger partial charge < -0.3 is 16.0 Å². The van der Waals surface area contributed by atoms with Gasteiger partial charge in [-0.2, -0.15) is 0 Å². The highest BCUT2D eigenvalue weighted by Gasteiger charge is 2.10. The lowest BCUT2D eigenvalue weighted by atomic mass is 10.1. The summed E-state index contributed by atoms with van der Waals surface area (Å²) in [6.07, 6.45) is 0. The lowest BCUT2D eigenvalue weighted by Gasteiger charge is -2.14. The van der Waals surface area contributed by atoms with Crippen molar-refractivity contribution in [1.29, 1.82) is 0 Å². The van der Waals surface area contributed by atoms with Crippen LogP contribution in [0.5, 0.6) is 0 Å². The first-order chi connectivity index (χ1) is 8.06. The second-order valence-corrected chi connectivity index (χ2v) is 4.92. The van der Waals surface area contributed by atoms with Crippen LogP contribution in [0.25, 0.3) is 0 Å². The molecule has 4 nitrogen and oxygen atoms in total. The molecule has 0 aliphatic heterocycles. The molecule has 0 saturated carbocycles. The van der Waals surface area contributed by atoms with Crippen LogP contribution in [0.3, 0.4) is 0 Å². The monoisotopic (exact) mass is 294 g/mol. The van der Waals surface area contributed by atoms with E-state index in [2.05, 4.69) is 50.3 Å². The number of benzene rings is 1. The second-order valence-electron chi connectivity index (χ2n) is 4.01. The molecule has 1 aromatic heterocycles. The zero-order chi connectivity index (χ0) is 12.4. The van der Waals surface area contributed by atoms with E-state index in [1.54, 1.807) is 0 Å². The number of rotatable bonds is 3. The van der Waals surface area contributed by atoms with Gasteiger partial charge in [-0.05, 0) is 31.5 Å². The van der Waals surface area contributed by atoms with Crippen LogP contribution < -0.4 is 11.1 Å². The van der Waals surface area contributed by atoms with E-state index in [9.17, 15) is 0 Å². The maximum Gasteiger partial charge on any atom is 0.169 e. The molecule has 1 atom stereocenters. The van der Waals surface area contributed by atoms with Crippen molar-refractivity contribution in [3.63, 3.8) is 0 Å². The van der Waals surface area contributed by atoms with E-state index in [4.69, 9.17) is 5.73 Å². The standard InChI is InChI=1S/C12H15BrN4/c1-7(9-4-3-5-10(13)6-9)15-12-11(14)16-8(2)17-12/h3-7,15H,14H2,1-2H3,(H,16,17). The van der Waals surface area contributed by atoms with Crippen molar-refractivity contribution in [1.82, 2.24) is 9.97 Å². The molecule has 0 aliphatic carbocycles. The van der Waals surface area contributed by atoms with Gasteiger partial charge in [0.15, 0.2) is 5.82 Å². The number of nitrogens with one attached hydrogen (secondary N) is 2. The largest absolute Gasteiger partial charge is 0.382 e. The summed E-state index contributed by atoms with van der Waals surface area (Å²) in [6, 6.07) is 8.31. The van der Waals surface area contributed by atoms with Crippen molar-refractivity contribution >= 4 is 27.6 Å². The van der Waals surface area contributed by atoms with Crippen LogP contribution in [0.4, 0.5) is 11.6 Å². The Balaban J connectivity index is 2.16. The number of nitrogens with zero attached hydrogens (tertiary/aromatic N) is 1. The molecule has 0 amide bonds. The van der Waals surface area contributed by atoms with Gasteiger partial charge in [0.25, 0.3) is 0 Å². The first-order valence-electron chi connectivity index (χ1n) is 5.40. The summed E-state index contributed by atoms with van der Waals surface area (Å²) in [7, 11) is 0. The van der Waals surface area contributed by atoms with E-state index in [0.29, 0.717) is 11.6 Å². The number of halogens is 1. The molecule has 0 bridgehead atoms. The van der Waals surface area contributed by atoms with Gasteiger partial charge in [0.1, 0.15) is 11.6 Å². The Labute approximate surface area is 109 Å². The fourth-order valence-electron chi connectivity index (χ4n) is 1.68. The quantitative estimate of drug-likeness (QED) is 0.814. The molecule has 0 saturated heterocycles. The summed E-state index contributed by atoms with van der Waals surface area (Å²) in [6.45, 7) is 3.95. The summed E-state index contributed by atoms with van der Waals surface area (Å²) in [5, 5.41) is 3.29. The molecule has 0 fully saturated rings. The second kappa shape index (κ2) is 4.79. The van der Waals surface area contributed by atoms with Crippen LogP contribution in [-0.4, -0.2) is 9.97 Å². The van der Waals surface area contributed by atoms with E-state index in [0.717, 1.165) is 10.3 Å². The lowest BCUT2D eigenvalue weighted by Crippen LogP contribution is -2.08. The molecule has 0 aliphatic rings. The maximum atomic E-state index is 5.81. The zero-order valence-corrected chi connectivity index (χ0v) is 11.4. The number of imidazole rings is 1. The molecule has 17 heavy (non-hydrogen) atoms. The highest BCUT2D eigenvalue weighted by Crippen LogP contribution is 2.23. The minimum Gasteiger partial charge on any atom is -0.382 e. The van der Waals surface area contributed by atoms with Gasteiger partial charge >= 0.3 is 0 Å². The number of hydrogen-bond donors (Lipinski definition) is 3. The third-order valence-electron chi connectivity index (χ3n) is 2.55. The summed E-state index contributed by atoms with van der Waals surface area (Å²) in [5.74, 6) is 2.09. The van der Waals surface area contributed by atoms with Crippen LogP contribution in [-0.2, 0) is 0 Å². The number of anilines is 2. The van der Waals surface area contributed by atoms with Crippen molar-refractivity contribution in [3.05, 3.63) is 40.1 Å². The highest BCUT2D eigenvalue weighted by atomic mass is 79.9. The van der Waals surface area contributed by atoms with Gasteiger partial charge in [0.2, 0.25) is 0 Å². The van der Waals surface area contributed by atoms with Gasteiger partial charge in [-0.15, -0.1) is 0 Å². The number of H-pyrrole nitrogens is 1. The van der Waals surface area contributed by atoms with E-state index in [-0.39, 0.29) is 6.04 Å². The molecule has 2 rings (SSSR count). The van der Waals surface area contributed by atoms with Crippen molar-refractivity contribution in [2.45, 2.75) is 19.9 Å². The highest BCUT2D eigenvalue weighted by molar-refractivity contribution is 9.10. The van der Waals surface area contributed by atoms with Crippen molar-refractivity contribution in [2.24, 2.45) is 0 Å². The summed E-state index contributed by atoms with van der Waals surface area (Å²) >= 11 is 3.46. The van der Waals surface area contributed by atoms with E-state index >= 15 is 0 Å². The molecular weight excluding hydrogens is 280 g/mol. The van der Waals surface area contributed by atoms with E-state index < -0.39 is 0 Å². The van der Waals surface area contributed by atoms with E-state index in [1.165, 1.54) is 5.56 Å². The summed E-state index contributed by atoms with van der Waals surface area (Å²) in [4.78, 5) is 7.27. The topological polar surface area (TPSA) is 66.7 Å². The number of aryl methyl sites for hydroxylation is 1. The van der Waals surface area contributed by atoms with Crippen LogP contribution in [0.1, 0.15) is 24.4 Å². The third-order valence-corrected chi connectivity index (χ3v) is 3.05. The number of nitrogen functional groups attached to an aromatic ring is 1. The molecule has 5 heteroatoms. The van der Waals surface area contributed by atoms with Crippen LogP contribution >= 0.6 is 15.9 Å². The Morgan fingerprint density at radius 3 is 2.82 bits per heavy atom. The van der Waals surface area contributed by atoms with Gasteiger partial charge in [0, 0.05) is 4.47 Å². The van der Waals surface area contributed by atoms with Crippen LogP contribution in [0.2, 0.25) is 0 Å². The Bertz CT molecular complexity index is 521. The van der Waals surface area contributed by atoms with Gasteiger partial charge in [0.05, 0.1) is 6.04 Å².